The molecule has 1 amide bonds. The first-order valence-electron chi connectivity index (χ1n) is 8.35. The molecule has 1 aromatic rings. The van der Waals surface area contributed by atoms with Crippen LogP contribution < -0.4 is 15.4 Å². The summed E-state index contributed by atoms with van der Waals surface area (Å²) in [5, 5.41) is 14.5. The molecule has 0 saturated heterocycles. The number of benzene rings is 1. The molecule has 148 valence electrons. The van der Waals surface area contributed by atoms with E-state index in [1.54, 1.807) is 12.1 Å². The first-order valence-corrected chi connectivity index (χ1v) is 8.35. The number of anilines is 2. The molecule has 0 radical (unpaired) electrons. The summed E-state index contributed by atoms with van der Waals surface area (Å²) >= 11 is 0. The summed E-state index contributed by atoms with van der Waals surface area (Å²) in [6.07, 6.45) is -5.54. The number of fused-ring (bicyclic) bond motifs is 1. The Balaban J connectivity index is 2.02. The van der Waals surface area contributed by atoms with E-state index in [0.29, 0.717) is 24.4 Å². The van der Waals surface area contributed by atoms with Gasteiger partial charge in [-0.25, -0.2) is 4.79 Å². The average Bonchev–Trinajstić information content (AvgIpc) is 2.53. The van der Waals surface area contributed by atoms with Crippen LogP contribution in [0.1, 0.15) is 34.1 Å². The third kappa shape index (κ3) is 5.18. The molecule has 0 spiro atoms. The first-order chi connectivity index (χ1) is 12.3. The molecule has 0 aliphatic carbocycles. The predicted molar refractivity (Wildman–Crippen MR) is 93.6 cm³/mol. The number of nitrogens with zero attached hydrogens (tertiary/aromatic N) is 1. The van der Waals surface area contributed by atoms with Crippen LogP contribution in [0.3, 0.4) is 0 Å². The van der Waals surface area contributed by atoms with Crippen molar-refractivity contribution in [2.24, 2.45) is 5.41 Å². The normalized spacial score (nSPS) is 17.0. The van der Waals surface area contributed by atoms with E-state index in [2.05, 4.69) is 21.4 Å². The maximum absolute atomic E-state index is 12.8. The highest BCUT2D eigenvalue weighted by atomic mass is 19.4. The fraction of sp³-hybridized carbons (Fsp3) is 0.556. The molecule has 1 aliphatic heterocycles. The smallest absolute Gasteiger partial charge is 0.427 e. The van der Waals surface area contributed by atoms with E-state index >= 15 is 0 Å². The van der Waals surface area contributed by atoms with Gasteiger partial charge in [0.25, 0.3) is 0 Å². The molecule has 2 rings (SSSR count). The number of carbonyl (C=O) groups is 1. The molecule has 1 aliphatic rings. The molecule has 6 nitrogen and oxygen atoms in total. The molecular weight excluding hydrogens is 363 g/mol. The Morgan fingerprint density at radius 2 is 2.04 bits per heavy atom. The fourth-order valence-corrected chi connectivity index (χ4v) is 2.46. The summed E-state index contributed by atoms with van der Waals surface area (Å²) < 4.78 is 48.7. The number of ether oxygens (including phenoxy) is 2. The molecular formula is C18H22F3N3O3. The van der Waals surface area contributed by atoms with Crippen LogP contribution in [0.25, 0.3) is 0 Å². The van der Waals surface area contributed by atoms with Gasteiger partial charge in [0.05, 0.1) is 23.7 Å². The van der Waals surface area contributed by atoms with Gasteiger partial charge in [-0.05, 0) is 45.9 Å². The number of rotatable bonds is 4. The Bertz CT molecular complexity index is 754. The number of nitriles is 1. The third-order valence-corrected chi connectivity index (χ3v) is 4.11. The van der Waals surface area contributed by atoms with Gasteiger partial charge < -0.3 is 14.8 Å². The lowest BCUT2D eigenvalue weighted by molar-refractivity contribution is -0.242. The van der Waals surface area contributed by atoms with Gasteiger partial charge in [0, 0.05) is 12.1 Å². The number of carbonyl (C=O) groups excluding carboxylic acids is 1. The molecule has 1 atom stereocenters. The van der Waals surface area contributed by atoms with Crippen LogP contribution in [-0.2, 0) is 4.74 Å². The van der Waals surface area contributed by atoms with Gasteiger partial charge in [0.15, 0.2) is 0 Å². The molecule has 0 fully saturated rings. The second kappa shape index (κ2) is 7.18. The molecule has 0 aromatic heterocycles. The first kappa shape index (κ1) is 20.7. The highest BCUT2D eigenvalue weighted by Gasteiger charge is 2.51. The minimum absolute atomic E-state index is 0.191. The average molecular weight is 385 g/mol. The SMILES string of the molecule is CC(C)(C#N)C[C@H]1CNc2cc(NC(=O)OC(C)(C)C(F)(F)F)ccc2O1. The Kier molecular flexibility index (Phi) is 5.50. The fourth-order valence-electron chi connectivity index (χ4n) is 2.46. The van der Waals surface area contributed by atoms with Crippen molar-refractivity contribution in [3.8, 4) is 11.8 Å². The number of hydrogen-bond donors (Lipinski definition) is 2. The summed E-state index contributed by atoms with van der Waals surface area (Å²) in [5.74, 6) is 0.537. The summed E-state index contributed by atoms with van der Waals surface area (Å²) in [5.41, 5.74) is -2.27. The highest BCUT2D eigenvalue weighted by Crippen LogP contribution is 2.36. The van der Waals surface area contributed by atoms with E-state index in [1.807, 2.05) is 13.8 Å². The van der Waals surface area contributed by atoms with E-state index in [0.717, 1.165) is 13.8 Å². The lowest BCUT2D eigenvalue weighted by atomic mass is 9.88. The maximum Gasteiger partial charge on any atom is 0.427 e. The van der Waals surface area contributed by atoms with Crippen molar-refractivity contribution in [1.29, 1.82) is 5.26 Å². The molecule has 9 heteroatoms. The number of alkyl halides is 3. The van der Waals surface area contributed by atoms with Gasteiger partial charge in [-0.15, -0.1) is 0 Å². The Hall–Kier alpha value is -2.63. The molecule has 0 saturated carbocycles. The van der Waals surface area contributed by atoms with Crippen molar-refractivity contribution in [2.75, 3.05) is 17.2 Å². The van der Waals surface area contributed by atoms with Gasteiger partial charge in [0.1, 0.15) is 11.9 Å². The van der Waals surface area contributed by atoms with Gasteiger partial charge in [-0.1, -0.05) is 0 Å². The third-order valence-electron chi connectivity index (χ3n) is 4.11. The van der Waals surface area contributed by atoms with E-state index in [1.165, 1.54) is 6.07 Å². The summed E-state index contributed by atoms with van der Waals surface area (Å²) in [6.45, 7) is 5.67. The number of halogens is 3. The standard InChI is InChI=1S/C18H22F3N3O3/c1-16(2,10-22)8-12-9-23-13-7-11(5-6-14(13)26-12)24-15(25)27-17(3,4)18(19,20)21/h5-7,12,23H,8-9H2,1-4H3,(H,24,25)/t12-/m0/s1. The number of amides is 1. The van der Waals surface area contributed by atoms with Gasteiger partial charge in [-0.2, -0.15) is 18.4 Å². The van der Waals surface area contributed by atoms with Crippen LogP contribution in [0.5, 0.6) is 5.75 Å². The second-order valence-corrected chi connectivity index (χ2v) is 7.55. The zero-order valence-corrected chi connectivity index (χ0v) is 15.5. The van der Waals surface area contributed by atoms with E-state index < -0.39 is 23.3 Å². The molecule has 1 heterocycles. The largest absolute Gasteiger partial charge is 0.486 e. The molecule has 27 heavy (non-hydrogen) atoms. The summed E-state index contributed by atoms with van der Waals surface area (Å²) in [6, 6.07) is 6.86. The van der Waals surface area contributed by atoms with E-state index in [9.17, 15) is 18.0 Å². The van der Waals surface area contributed by atoms with Crippen molar-refractivity contribution in [1.82, 2.24) is 0 Å². The van der Waals surface area contributed by atoms with Gasteiger partial charge >= 0.3 is 12.3 Å². The quantitative estimate of drug-likeness (QED) is 0.786. The summed E-state index contributed by atoms with van der Waals surface area (Å²) in [7, 11) is 0. The van der Waals surface area contributed by atoms with Crippen molar-refractivity contribution in [3.63, 3.8) is 0 Å². The van der Waals surface area contributed by atoms with Crippen LogP contribution in [-0.4, -0.2) is 30.5 Å². The van der Waals surface area contributed by atoms with Crippen LogP contribution in [0, 0.1) is 16.7 Å². The highest BCUT2D eigenvalue weighted by molar-refractivity contribution is 5.86. The van der Waals surface area contributed by atoms with Crippen LogP contribution in [0.4, 0.5) is 29.3 Å². The van der Waals surface area contributed by atoms with E-state index in [4.69, 9.17) is 10.00 Å². The number of hydrogen-bond acceptors (Lipinski definition) is 5. The van der Waals surface area contributed by atoms with Crippen LogP contribution in [0.15, 0.2) is 18.2 Å². The summed E-state index contributed by atoms with van der Waals surface area (Å²) in [4.78, 5) is 11.8. The molecule has 2 N–H and O–H groups in total. The van der Waals surface area contributed by atoms with Gasteiger partial charge in [-0.3, -0.25) is 5.32 Å². The topological polar surface area (TPSA) is 83.4 Å². The maximum atomic E-state index is 12.8. The predicted octanol–water partition coefficient (Wildman–Crippen LogP) is 4.69. The molecule has 0 bridgehead atoms. The van der Waals surface area contributed by atoms with Crippen molar-refractivity contribution >= 4 is 17.5 Å². The lowest BCUT2D eigenvalue weighted by Crippen LogP contribution is -2.44. The molecule has 1 aromatic carbocycles. The van der Waals surface area contributed by atoms with Crippen molar-refractivity contribution < 1.29 is 27.4 Å². The van der Waals surface area contributed by atoms with Crippen LogP contribution in [0.2, 0.25) is 0 Å². The zero-order chi connectivity index (χ0) is 20.5. The van der Waals surface area contributed by atoms with E-state index in [-0.39, 0.29) is 11.8 Å². The Morgan fingerprint density at radius 1 is 1.37 bits per heavy atom. The molecule has 0 unspecified atom stereocenters. The lowest BCUT2D eigenvalue weighted by Gasteiger charge is -2.31. The Morgan fingerprint density at radius 3 is 2.63 bits per heavy atom. The minimum Gasteiger partial charge on any atom is -0.486 e. The van der Waals surface area contributed by atoms with Crippen LogP contribution >= 0.6 is 0 Å². The Labute approximate surface area is 155 Å². The monoisotopic (exact) mass is 385 g/mol. The van der Waals surface area contributed by atoms with Gasteiger partial charge in [0.2, 0.25) is 5.60 Å². The number of nitrogens with one attached hydrogen (secondary N) is 2. The zero-order valence-electron chi connectivity index (χ0n) is 15.5. The van der Waals surface area contributed by atoms with Crippen molar-refractivity contribution in [3.05, 3.63) is 18.2 Å². The van der Waals surface area contributed by atoms with Crippen molar-refractivity contribution in [2.45, 2.75) is 52.0 Å². The minimum atomic E-state index is -4.68. The second-order valence-electron chi connectivity index (χ2n) is 7.55.